The zero-order valence-electron chi connectivity index (χ0n) is 16.3. The van der Waals surface area contributed by atoms with Crippen molar-refractivity contribution in [2.45, 2.75) is 37.8 Å². The Morgan fingerprint density at radius 2 is 1.59 bits per heavy atom. The monoisotopic (exact) mass is 390 g/mol. The lowest BCUT2D eigenvalue weighted by atomic mass is 10.1. The van der Waals surface area contributed by atoms with Crippen LogP contribution in [-0.2, 0) is 16.6 Å². The summed E-state index contributed by atoms with van der Waals surface area (Å²) < 4.78 is 32.4. The Morgan fingerprint density at radius 3 is 2.07 bits per heavy atom. The third-order valence-electron chi connectivity index (χ3n) is 3.78. The lowest BCUT2D eigenvalue weighted by Crippen LogP contribution is -2.40. The molecule has 2 aromatic rings. The summed E-state index contributed by atoms with van der Waals surface area (Å²) in [7, 11) is -0.313. The van der Waals surface area contributed by atoms with E-state index in [1.165, 1.54) is 24.3 Å². The highest BCUT2D eigenvalue weighted by Gasteiger charge is 2.22. The van der Waals surface area contributed by atoms with E-state index >= 15 is 0 Å². The number of hydrogen-bond donors (Lipinski definition) is 1. The molecule has 2 rings (SSSR count). The number of carbonyl (C=O) groups excluding carboxylic acids is 1. The Balaban J connectivity index is 2.10. The molecule has 0 aliphatic heterocycles. The van der Waals surface area contributed by atoms with Gasteiger partial charge in [0, 0.05) is 24.7 Å². The van der Waals surface area contributed by atoms with E-state index in [0.29, 0.717) is 12.1 Å². The number of ether oxygens (including phenoxy) is 1. The highest BCUT2D eigenvalue weighted by molar-refractivity contribution is 7.89. The number of benzene rings is 2. The van der Waals surface area contributed by atoms with E-state index in [1.54, 1.807) is 39.8 Å². The first-order chi connectivity index (χ1) is 12.5. The van der Waals surface area contributed by atoms with Crippen molar-refractivity contribution in [3.05, 3.63) is 59.7 Å². The number of sulfonamides is 1. The standard InChI is InChI=1S/C20H26N2O4S/c1-20(2,3)21-27(24,25)18-12-8-16(9-13-18)19(23)22(4)14-15-6-10-17(26-5)11-7-15/h6-13,21H,14H2,1-5H3. The van der Waals surface area contributed by atoms with Crippen LogP contribution >= 0.6 is 0 Å². The Labute approximate surface area is 161 Å². The van der Waals surface area contributed by atoms with Crippen LogP contribution in [0, 0.1) is 0 Å². The fourth-order valence-corrected chi connectivity index (χ4v) is 3.95. The first kappa shape index (κ1) is 20.9. The van der Waals surface area contributed by atoms with Crippen molar-refractivity contribution in [2.24, 2.45) is 0 Å². The van der Waals surface area contributed by atoms with E-state index in [9.17, 15) is 13.2 Å². The van der Waals surface area contributed by atoms with Gasteiger partial charge in [-0.3, -0.25) is 4.79 Å². The van der Waals surface area contributed by atoms with Crippen LogP contribution in [0.25, 0.3) is 0 Å². The van der Waals surface area contributed by atoms with Crippen molar-refractivity contribution in [1.82, 2.24) is 9.62 Å². The van der Waals surface area contributed by atoms with Crippen LogP contribution in [-0.4, -0.2) is 38.9 Å². The topological polar surface area (TPSA) is 75.7 Å². The molecule has 0 saturated carbocycles. The molecular formula is C20H26N2O4S. The minimum absolute atomic E-state index is 0.131. The zero-order valence-corrected chi connectivity index (χ0v) is 17.1. The van der Waals surface area contributed by atoms with Crippen LogP contribution in [0.4, 0.5) is 0 Å². The molecule has 0 unspecified atom stereocenters. The molecule has 0 aromatic heterocycles. The van der Waals surface area contributed by atoms with Gasteiger partial charge in [0.1, 0.15) is 5.75 Å². The summed E-state index contributed by atoms with van der Waals surface area (Å²) in [5, 5.41) is 0. The highest BCUT2D eigenvalue weighted by Crippen LogP contribution is 2.16. The Bertz CT molecular complexity index is 883. The van der Waals surface area contributed by atoms with Crippen LogP contribution in [0.3, 0.4) is 0 Å². The summed E-state index contributed by atoms with van der Waals surface area (Å²) in [5.74, 6) is 0.576. The number of hydrogen-bond acceptors (Lipinski definition) is 4. The lowest BCUT2D eigenvalue weighted by Gasteiger charge is -2.21. The Kier molecular flexibility index (Phi) is 6.28. The summed E-state index contributed by atoms with van der Waals surface area (Å²) >= 11 is 0. The molecular weight excluding hydrogens is 364 g/mol. The van der Waals surface area contributed by atoms with E-state index in [2.05, 4.69) is 4.72 Å². The number of nitrogens with zero attached hydrogens (tertiary/aromatic N) is 1. The van der Waals surface area contributed by atoms with Crippen molar-refractivity contribution in [3.8, 4) is 5.75 Å². The van der Waals surface area contributed by atoms with Crippen molar-refractivity contribution in [1.29, 1.82) is 0 Å². The second-order valence-corrected chi connectivity index (χ2v) is 9.07. The molecule has 1 amide bonds. The summed E-state index contributed by atoms with van der Waals surface area (Å²) in [6, 6.07) is 13.4. The number of methoxy groups -OCH3 is 1. The largest absolute Gasteiger partial charge is 0.497 e. The van der Waals surface area contributed by atoms with Gasteiger partial charge >= 0.3 is 0 Å². The van der Waals surface area contributed by atoms with Gasteiger partial charge in [0.25, 0.3) is 5.91 Å². The number of amides is 1. The maximum absolute atomic E-state index is 12.6. The van der Waals surface area contributed by atoms with Crippen molar-refractivity contribution in [2.75, 3.05) is 14.2 Å². The molecule has 0 saturated heterocycles. The fraction of sp³-hybridized carbons (Fsp3) is 0.350. The van der Waals surface area contributed by atoms with Gasteiger partial charge < -0.3 is 9.64 Å². The van der Waals surface area contributed by atoms with Gasteiger partial charge in [-0.1, -0.05) is 12.1 Å². The van der Waals surface area contributed by atoms with Crippen LogP contribution in [0.2, 0.25) is 0 Å². The average molecular weight is 391 g/mol. The quantitative estimate of drug-likeness (QED) is 0.823. The van der Waals surface area contributed by atoms with E-state index in [1.807, 2.05) is 24.3 Å². The van der Waals surface area contributed by atoms with E-state index in [-0.39, 0.29) is 10.8 Å². The number of carbonyl (C=O) groups is 1. The maximum Gasteiger partial charge on any atom is 0.253 e. The van der Waals surface area contributed by atoms with Gasteiger partial charge in [-0.2, -0.15) is 0 Å². The van der Waals surface area contributed by atoms with E-state index < -0.39 is 15.6 Å². The number of rotatable bonds is 6. The minimum Gasteiger partial charge on any atom is -0.497 e. The van der Waals surface area contributed by atoms with Crippen LogP contribution < -0.4 is 9.46 Å². The molecule has 2 aromatic carbocycles. The average Bonchev–Trinajstić information content (AvgIpc) is 2.60. The van der Waals surface area contributed by atoms with Crippen molar-refractivity contribution >= 4 is 15.9 Å². The van der Waals surface area contributed by atoms with Crippen molar-refractivity contribution in [3.63, 3.8) is 0 Å². The van der Waals surface area contributed by atoms with Gasteiger partial charge in [-0.15, -0.1) is 0 Å². The number of nitrogens with one attached hydrogen (secondary N) is 1. The molecule has 0 heterocycles. The molecule has 7 heteroatoms. The molecule has 0 spiro atoms. The highest BCUT2D eigenvalue weighted by atomic mass is 32.2. The first-order valence-electron chi connectivity index (χ1n) is 8.54. The molecule has 6 nitrogen and oxygen atoms in total. The predicted octanol–water partition coefficient (Wildman–Crippen LogP) is 3.04. The van der Waals surface area contributed by atoms with Gasteiger partial charge in [0.15, 0.2) is 0 Å². The molecule has 0 atom stereocenters. The Hall–Kier alpha value is -2.38. The summed E-state index contributed by atoms with van der Waals surface area (Å²) in [4.78, 5) is 14.3. The minimum atomic E-state index is -3.62. The van der Waals surface area contributed by atoms with Crippen LogP contribution in [0.15, 0.2) is 53.4 Å². The summed E-state index contributed by atoms with van der Waals surface area (Å²) in [5.41, 5.74) is 0.826. The summed E-state index contributed by atoms with van der Waals surface area (Å²) in [6.45, 7) is 5.76. The van der Waals surface area contributed by atoms with Gasteiger partial charge in [-0.05, 0) is 62.7 Å². The predicted molar refractivity (Wildman–Crippen MR) is 105 cm³/mol. The first-order valence-corrected chi connectivity index (χ1v) is 10.0. The van der Waals surface area contributed by atoms with Crippen LogP contribution in [0.5, 0.6) is 5.75 Å². The molecule has 1 N–H and O–H groups in total. The normalized spacial score (nSPS) is 11.9. The molecule has 146 valence electrons. The third kappa shape index (κ3) is 5.80. The SMILES string of the molecule is COc1ccc(CN(C)C(=O)c2ccc(S(=O)(=O)NC(C)(C)C)cc2)cc1. The molecule has 0 aliphatic rings. The van der Waals surface area contributed by atoms with E-state index in [4.69, 9.17) is 4.74 Å². The molecule has 0 radical (unpaired) electrons. The van der Waals surface area contributed by atoms with E-state index in [0.717, 1.165) is 11.3 Å². The smallest absolute Gasteiger partial charge is 0.253 e. The Morgan fingerprint density at radius 1 is 1.04 bits per heavy atom. The molecule has 0 aliphatic carbocycles. The van der Waals surface area contributed by atoms with Gasteiger partial charge in [-0.25, -0.2) is 13.1 Å². The second-order valence-electron chi connectivity index (χ2n) is 7.39. The van der Waals surface area contributed by atoms with Gasteiger partial charge in [0.2, 0.25) is 10.0 Å². The lowest BCUT2D eigenvalue weighted by molar-refractivity contribution is 0.0785. The van der Waals surface area contributed by atoms with Gasteiger partial charge in [0.05, 0.1) is 12.0 Å². The third-order valence-corrected chi connectivity index (χ3v) is 5.55. The van der Waals surface area contributed by atoms with Crippen LogP contribution in [0.1, 0.15) is 36.7 Å². The maximum atomic E-state index is 12.6. The molecule has 0 bridgehead atoms. The fourth-order valence-electron chi connectivity index (χ4n) is 2.54. The summed E-state index contributed by atoms with van der Waals surface area (Å²) in [6.07, 6.45) is 0. The van der Waals surface area contributed by atoms with Crippen molar-refractivity contribution < 1.29 is 17.9 Å². The molecule has 27 heavy (non-hydrogen) atoms. The zero-order chi connectivity index (χ0) is 20.2. The molecule has 0 fully saturated rings. The second kappa shape index (κ2) is 8.10.